The maximum absolute atomic E-state index is 11.9. The Kier molecular flexibility index (Phi) is 5.78. The maximum Gasteiger partial charge on any atom is 0.223 e. The molecule has 0 saturated carbocycles. The fraction of sp³-hybridized carbons (Fsp3) is 0.500. The fourth-order valence-electron chi connectivity index (χ4n) is 1.91. The number of carbonyl (C=O) groups excluding carboxylic acids is 2. The highest BCUT2D eigenvalue weighted by molar-refractivity contribution is 6.31. The second kappa shape index (κ2) is 6.94. The van der Waals surface area contributed by atoms with Crippen LogP contribution in [0.2, 0.25) is 5.02 Å². The Balaban J connectivity index is 2.77. The van der Waals surface area contributed by atoms with E-state index in [1.54, 1.807) is 11.0 Å². The molecule has 0 atom stereocenters. The van der Waals surface area contributed by atoms with E-state index in [0.717, 1.165) is 5.56 Å². The number of aryl methyl sites for hydroxylation is 1. The van der Waals surface area contributed by atoms with Gasteiger partial charge in [-0.15, -0.1) is 0 Å². The zero-order valence-electron chi connectivity index (χ0n) is 13.3. The van der Waals surface area contributed by atoms with Crippen LogP contribution in [0.25, 0.3) is 0 Å². The number of nitrogens with zero attached hydrogens (tertiary/aromatic N) is 1. The van der Waals surface area contributed by atoms with Gasteiger partial charge in [-0.05, 0) is 45.4 Å². The Bertz CT molecular complexity index is 536. The molecule has 0 saturated heterocycles. The van der Waals surface area contributed by atoms with Crippen LogP contribution in [0.15, 0.2) is 18.2 Å². The molecular weight excluding hydrogens is 288 g/mol. The Hall–Kier alpha value is -1.55. The number of benzene rings is 1. The van der Waals surface area contributed by atoms with Crippen LogP contribution in [0, 0.1) is 6.92 Å². The predicted octanol–water partition coefficient (Wildman–Crippen LogP) is 3.31. The monoisotopic (exact) mass is 310 g/mol. The number of amides is 2. The molecule has 1 N–H and O–H groups in total. The van der Waals surface area contributed by atoms with Gasteiger partial charge < -0.3 is 10.2 Å². The van der Waals surface area contributed by atoms with Crippen molar-refractivity contribution < 1.29 is 9.59 Å². The quantitative estimate of drug-likeness (QED) is 0.927. The lowest BCUT2D eigenvalue weighted by atomic mass is 10.1. The zero-order valence-corrected chi connectivity index (χ0v) is 14.0. The van der Waals surface area contributed by atoms with Gasteiger partial charge in [0.25, 0.3) is 0 Å². The first-order valence-electron chi connectivity index (χ1n) is 6.95. The molecule has 0 aliphatic rings. The summed E-state index contributed by atoms with van der Waals surface area (Å²) < 4.78 is 0. The average molecular weight is 311 g/mol. The Morgan fingerprint density at radius 3 is 2.38 bits per heavy atom. The summed E-state index contributed by atoms with van der Waals surface area (Å²) >= 11 is 6.10. The van der Waals surface area contributed by atoms with Crippen molar-refractivity contribution in [3.05, 3.63) is 28.8 Å². The molecular formula is C16H23ClN2O2. The van der Waals surface area contributed by atoms with E-state index >= 15 is 0 Å². The summed E-state index contributed by atoms with van der Waals surface area (Å²) in [7, 11) is 0. The van der Waals surface area contributed by atoms with Gasteiger partial charge in [-0.1, -0.05) is 17.7 Å². The number of anilines is 1. The first-order chi connectivity index (χ1) is 9.60. The van der Waals surface area contributed by atoms with E-state index in [4.69, 9.17) is 11.6 Å². The maximum atomic E-state index is 11.9. The van der Waals surface area contributed by atoms with Crippen molar-refractivity contribution in [1.82, 2.24) is 5.32 Å². The van der Waals surface area contributed by atoms with E-state index in [1.807, 2.05) is 39.8 Å². The molecule has 116 valence electrons. The van der Waals surface area contributed by atoms with Crippen molar-refractivity contribution in [1.29, 1.82) is 0 Å². The summed E-state index contributed by atoms with van der Waals surface area (Å²) in [6.07, 6.45) is 0.252. The molecule has 0 spiro atoms. The van der Waals surface area contributed by atoms with Gasteiger partial charge in [0, 0.05) is 36.1 Å². The van der Waals surface area contributed by atoms with Crippen LogP contribution in [0.4, 0.5) is 5.69 Å². The first kappa shape index (κ1) is 17.5. The lowest BCUT2D eigenvalue weighted by Gasteiger charge is -2.24. The second-order valence-corrected chi connectivity index (χ2v) is 6.56. The molecule has 2 amide bonds. The van der Waals surface area contributed by atoms with E-state index in [1.165, 1.54) is 6.92 Å². The number of carbonyl (C=O) groups is 2. The number of hydrogen-bond donors (Lipinski definition) is 1. The normalized spacial score (nSPS) is 11.1. The number of halogens is 1. The molecule has 1 aromatic carbocycles. The van der Waals surface area contributed by atoms with Crippen LogP contribution >= 0.6 is 11.6 Å². The highest BCUT2D eigenvalue weighted by Crippen LogP contribution is 2.23. The molecule has 0 radical (unpaired) electrons. The molecule has 0 heterocycles. The molecule has 0 bridgehead atoms. The third kappa shape index (κ3) is 5.76. The standard InChI is InChI=1S/C16H23ClN2O2/c1-11-6-7-13(10-14(11)17)19(12(2)20)9-8-15(21)18-16(3,4)5/h6-7,10H,8-9H2,1-5H3,(H,18,21). The van der Waals surface area contributed by atoms with Gasteiger partial charge in [-0.25, -0.2) is 0 Å². The highest BCUT2D eigenvalue weighted by Gasteiger charge is 2.17. The van der Waals surface area contributed by atoms with Crippen LogP contribution in [0.1, 0.15) is 39.7 Å². The van der Waals surface area contributed by atoms with Gasteiger partial charge >= 0.3 is 0 Å². The summed E-state index contributed by atoms with van der Waals surface area (Å²) in [4.78, 5) is 25.2. The predicted molar refractivity (Wildman–Crippen MR) is 86.7 cm³/mol. The lowest BCUT2D eigenvalue weighted by Crippen LogP contribution is -2.42. The highest BCUT2D eigenvalue weighted by atomic mass is 35.5. The lowest BCUT2D eigenvalue weighted by molar-refractivity contribution is -0.122. The minimum absolute atomic E-state index is 0.0769. The molecule has 4 nitrogen and oxygen atoms in total. The molecule has 1 rings (SSSR count). The topological polar surface area (TPSA) is 49.4 Å². The molecule has 0 unspecified atom stereocenters. The van der Waals surface area contributed by atoms with Gasteiger partial charge in [-0.3, -0.25) is 9.59 Å². The Morgan fingerprint density at radius 2 is 1.90 bits per heavy atom. The zero-order chi connectivity index (χ0) is 16.2. The van der Waals surface area contributed by atoms with Gasteiger partial charge in [0.05, 0.1) is 0 Å². The van der Waals surface area contributed by atoms with Gasteiger partial charge in [0.2, 0.25) is 11.8 Å². The summed E-state index contributed by atoms with van der Waals surface area (Å²) in [6, 6.07) is 5.45. The molecule has 5 heteroatoms. The van der Waals surface area contributed by atoms with Crippen molar-refractivity contribution in [2.75, 3.05) is 11.4 Å². The molecule has 0 aliphatic heterocycles. The fourth-order valence-corrected chi connectivity index (χ4v) is 2.09. The summed E-state index contributed by atoms with van der Waals surface area (Å²) in [5.74, 6) is -0.189. The van der Waals surface area contributed by atoms with E-state index in [-0.39, 0.29) is 23.8 Å². The minimum Gasteiger partial charge on any atom is -0.351 e. The van der Waals surface area contributed by atoms with Crippen molar-refractivity contribution in [2.45, 2.75) is 46.6 Å². The van der Waals surface area contributed by atoms with Crippen LogP contribution in [0.5, 0.6) is 0 Å². The molecule has 0 fully saturated rings. The second-order valence-electron chi connectivity index (χ2n) is 6.15. The average Bonchev–Trinajstić information content (AvgIpc) is 2.31. The summed E-state index contributed by atoms with van der Waals surface area (Å²) in [5, 5.41) is 3.49. The molecule has 0 aliphatic carbocycles. The van der Waals surface area contributed by atoms with Gasteiger partial charge in [-0.2, -0.15) is 0 Å². The smallest absolute Gasteiger partial charge is 0.223 e. The van der Waals surface area contributed by atoms with Crippen molar-refractivity contribution in [3.8, 4) is 0 Å². The SMILES string of the molecule is CC(=O)N(CCC(=O)NC(C)(C)C)c1ccc(C)c(Cl)c1. The van der Waals surface area contributed by atoms with Gasteiger partial charge in [0.1, 0.15) is 0 Å². The summed E-state index contributed by atoms with van der Waals surface area (Å²) in [6.45, 7) is 9.49. The third-order valence-electron chi connectivity index (χ3n) is 2.92. The van der Waals surface area contributed by atoms with Crippen LogP contribution in [-0.4, -0.2) is 23.9 Å². The number of nitrogens with one attached hydrogen (secondary N) is 1. The first-order valence-corrected chi connectivity index (χ1v) is 7.33. The number of rotatable bonds is 4. The summed E-state index contributed by atoms with van der Waals surface area (Å²) in [5.41, 5.74) is 1.39. The van der Waals surface area contributed by atoms with Crippen LogP contribution < -0.4 is 10.2 Å². The van der Waals surface area contributed by atoms with Crippen molar-refractivity contribution in [2.24, 2.45) is 0 Å². The Morgan fingerprint density at radius 1 is 1.29 bits per heavy atom. The largest absolute Gasteiger partial charge is 0.351 e. The minimum atomic E-state index is -0.273. The van der Waals surface area contributed by atoms with E-state index in [2.05, 4.69) is 5.32 Å². The van der Waals surface area contributed by atoms with Crippen molar-refractivity contribution >= 4 is 29.1 Å². The third-order valence-corrected chi connectivity index (χ3v) is 3.33. The molecule has 1 aromatic rings. The van der Waals surface area contributed by atoms with Gasteiger partial charge in [0.15, 0.2) is 0 Å². The number of hydrogen-bond acceptors (Lipinski definition) is 2. The van der Waals surface area contributed by atoms with Crippen molar-refractivity contribution in [3.63, 3.8) is 0 Å². The van der Waals surface area contributed by atoms with Crippen LogP contribution in [0.3, 0.4) is 0 Å². The van der Waals surface area contributed by atoms with E-state index < -0.39 is 0 Å². The van der Waals surface area contributed by atoms with E-state index in [0.29, 0.717) is 17.3 Å². The van der Waals surface area contributed by atoms with E-state index in [9.17, 15) is 9.59 Å². The molecule has 0 aromatic heterocycles. The Labute approximate surface area is 131 Å². The van der Waals surface area contributed by atoms with Crippen LogP contribution in [-0.2, 0) is 9.59 Å². The molecule has 21 heavy (non-hydrogen) atoms.